The highest BCUT2D eigenvalue weighted by Crippen LogP contribution is 2.45. The number of rotatable bonds is 6. The highest BCUT2D eigenvalue weighted by atomic mass is 32.1. The van der Waals surface area contributed by atoms with Crippen molar-refractivity contribution in [2.75, 3.05) is 0 Å². The molecule has 1 aliphatic carbocycles. The summed E-state index contributed by atoms with van der Waals surface area (Å²) in [6.45, 7) is 7.31. The lowest BCUT2D eigenvalue weighted by atomic mass is 9.70. The first-order chi connectivity index (χ1) is 16.8. The van der Waals surface area contributed by atoms with Crippen molar-refractivity contribution in [1.82, 2.24) is 29.4 Å². The molecule has 180 valence electrons. The van der Waals surface area contributed by atoms with E-state index in [1.807, 2.05) is 12.1 Å². The number of nitro groups is 1. The van der Waals surface area contributed by atoms with E-state index in [0.29, 0.717) is 28.7 Å². The molecule has 0 N–H and O–H groups in total. The second-order valence-corrected chi connectivity index (χ2v) is 10.9. The van der Waals surface area contributed by atoms with Crippen LogP contribution in [0.4, 0.5) is 5.69 Å². The van der Waals surface area contributed by atoms with Gasteiger partial charge in [-0.2, -0.15) is 5.10 Å². The molecule has 0 aromatic carbocycles. The van der Waals surface area contributed by atoms with Gasteiger partial charge in [-0.15, -0.1) is 16.4 Å². The summed E-state index contributed by atoms with van der Waals surface area (Å²) in [4.78, 5) is 22.4. The molecule has 0 aliphatic heterocycles. The summed E-state index contributed by atoms with van der Waals surface area (Å²) in [6, 6.07) is 3.62. The van der Waals surface area contributed by atoms with Crippen LogP contribution >= 0.6 is 11.3 Å². The van der Waals surface area contributed by atoms with E-state index in [2.05, 4.69) is 36.0 Å². The van der Waals surface area contributed by atoms with E-state index in [4.69, 9.17) is 9.40 Å². The standard InChI is InChI=1S/C24H25N7O3S/c1-4-24(2,3)14-5-7-17-19(9-14)35-23-20(17)22-27-21(28-30(22)13-25-23)18-8-6-16(34-18)12-29-11-15(10-26-29)31(32)33/h6,8,10-11,13-14H,4-5,7,9,12H2,1-3H3. The fourth-order valence-corrected chi connectivity index (χ4v) is 6.17. The third-order valence-corrected chi connectivity index (χ3v) is 8.59. The lowest BCUT2D eigenvalue weighted by Crippen LogP contribution is -2.28. The van der Waals surface area contributed by atoms with E-state index in [-0.39, 0.29) is 12.2 Å². The second-order valence-electron chi connectivity index (χ2n) is 9.83. The Hall–Kier alpha value is -3.60. The van der Waals surface area contributed by atoms with Gasteiger partial charge in [0.2, 0.25) is 5.82 Å². The van der Waals surface area contributed by atoms with Gasteiger partial charge in [0.1, 0.15) is 29.3 Å². The third-order valence-electron chi connectivity index (χ3n) is 7.43. The fourth-order valence-electron chi connectivity index (χ4n) is 4.91. The van der Waals surface area contributed by atoms with Crippen LogP contribution in [0.3, 0.4) is 0 Å². The third kappa shape index (κ3) is 3.70. The topological polar surface area (TPSA) is 117 Å². The lowest BCUT2D eigenvalue weighted by molar-refractivity contribution is -0.385. The molecule has 5 aromatic rings. The molecule has 6 rings (SSSR count). The summed E-state index contributed by atoms with van der Waals surface area (Å²) in [6.07, 6.45) is 8.80. The van der Waals surface area contributed by atoms with Crippen LogP contribution in [0, 0.1) is 21.4 Å². The van der Waals surface area contributed by atoms with Gasteiger partial charge in [-0.25, -0.2) is 14.5 Å². The molecule has 0 bridgehead atoms. The highest BCUT2D eigenvalue weighted by molar-refractivity contribution is 7.19. The number of furan rings is 1. The first kappa shape index (κ1) is 21.9. The molecule has 10 nitrogen and oxygen atoms in total. The molecular weight excluding hydrogens is 466 g/mol. The van der Waals surface area contributed by atoms with E-state index in [1.165, 1.54) is 40.4 Å². The highest BCUT2D eigenvalue weighted by Gasteiger charge is 2.33. The van der Waals surface area contributed by atoms with Crippen LogP contribution in [-0.2, 0) is 19.4 Å². The summed E-state index contributed by atoms with van der Waals surface area (Å²) < 4.78 is 9.15. The second kappa shape index (κ2) is 7.98. The number of aromatic nitrogens is 6. The lowest BCUT2D eigenvalue weighted by Gasteiger charge is -2.36. The van der Waals surface area contributed by atoms with Gasteiger partial charge in [0, 0.05) is 4.88 Å². The molecule has 5 aromatic heterocycles. The monoisotopic (exact) mass is 491 g/mol. The van der Waals surface area contributed by atoms with Gasteiger partial charge in [-0.05, 0) is 48.3 Å². The quantitative estimate of drug-likeness (QED) is 0.234. The molecule has 0 saturated carbocycles. The molecular formula is C24H25N7O3S. The molecule has 0 spiro atoms. The maximum Gasteiger partial charge on any atom is 0.307 e. The zero-order valence-electron chi connectivity index (χ0n) is 19.8. The minimum Gasteiger partial charge on any atom is -0.456 e. The van der Waals surface area contributed by atoms with Crippen LogP contribution in [0.2, 0.25) is 0 Å². The van der Waals surface area contributed by atoms with Crippen LogP contribution in [0.25, 0.3) is 27.4 Å². The molecule has 1 atom stereocenters. The molecule has 0 amide bonds. The number of fused-ring (bicyclic) bond motifs is 5. The number of aryl methyl sites for hydroxylation is 1. The molecule has 11 heteroatoms. The van der Waals surface area contributed by atoms with E-state index < -0.39 is 4.92 Å². The zero-order chi connectivity index (χ0) is 24.3. The van der Waals surface area contributed by atoms with Crippen LogP contribution in [-0.4, -0.2) is 34.3 Å². The van der Waals surface area contributed by atoms with Crippen molar-refractivity contribution in [2.45, 2.75) is 53.0 Å². The van der Waals surface area contributed by atoms with Crippen LogP contribution < -0.4 is 0 Å². The van der Waals surface area contributed by atoms with E-state index in [9.17, 15) is 10.1 Å². The largest absolute Gasteiger partial charge is 0.456 e. The van der Waals surface area contributed by atoms with Gasteiger partial charge in [-0.3, -0.25) is 14.8 Å². The van der Waals surface area contributed by atoms with E-state index in [1.54, 1.807) is 22.2 Å². The van der Waals surface area contributed by atoms with Gasteiger partial charge in [0.05, 0.1) is 16.9 Å². The molecule has 5 heterocycles. The Labute approximate surface area is 204 Å². The van der Waals surface area contributed by atoms with Gasteiger partial charge in [0.15, 0.2) is 11.4 Å². The van der Waals surface area contributed by atoms with Crippen molar-refractivity contribution in [1.29, 1.82) is 0 Å². The first-order valence-electron chi connectivity index (χ1n) is 11.7. The SMILES string of the molecule is CCC(C)(C)C1CCc2c(sc3ncn4nc(-c5ccc(Cn6cc([N+](=O)[O-])cn6)o5)nc4c23)C1. The van der Waals surface area contributed by atoms with Crippen LogP contribution in [0.1, 0.15) is 49.8 Å². The zero-order valence-corrected chi connectivity index (χ0v) is 20.6. The van der Waals surface area contributed by atoms with Crippen molar-refractivity contribution in [3.05, 3.63) is 57.2 Å². The predicted molar refractivity (Wildman–Crippen MR) is 131 cm³/mol. The number of hydrogen-bond acceptors (Lipinski definition) is 8. The Morgan fingerprint density at radius 3 is 2.97 bits per heavy atom. The molecule has 35 heavy (non-hydrogen) atoms. The Bertz CT molecular complexity index is 1570. The van der Waals surface area contributed by atoms with Crippen LogP contribution in [0.15, 0.2) is 35.3 Å². The molecule has 0 radical (unpaired) electrons. The van der Waals surface area contributed by atoms with Crippen LogP contribution in [0.5, 0.6) is 0 Å². The maximum absolute atomic E-state index is 10.9. The summed E-state index contributed by atoms with van der Waals surface area (Å²) in [5, 5.41) is 20.6. The van der Waals surface area contributed by atoms with Gasteiger partial charge >= 0.3 is 5.69 Å². The smallest absolute Gasteiger partial charge is 0.307 e. The van der Waals surface area contributed by atoms with Gasteiger partial charge < -0.3 is 4.42 Å². The Morgan fingerprint density at radius 2 is 2.20 bits per heavy atom. The van der Waals surface area contributed by atoms with Crippen molar-refractivity contribution in [3.8, 4) is 11.6 Å². The Morgan fingerprint density at radius 1 is 1.34 bits per heavy atom. The maximum atomic E-state index is 10.9. The van der Waals surface area contributed by atoms with Crippen molar-refractivity contribution in [2.24, 2.45) is 11.3 Å². The fraction of sp³-hybridized carbons (Fsp3) is 0.417. The summed E-state index contributed by atoms with van der Waals surface area (Å²) in [5.74, 6) is 2.30. The molecule has 0 saturated heterocycles. The number of thiophene rings is 1. The average Bonchev–Trinajstić information content (AvgIpc) is 3.62. The minimum absolute atomic E-state index is 0.0565. The number of nitrogens with zero attached hydrogens (tertiary/aromatic N) is 7. The Kier molecular flexibility index (Phi) is 4.99. The van der Waals surface area contributed by atoms with E-state index >= 15 is 0 Å². The van der Waals surface area contributed by atoms with Crippen molar-refractivity contribution >= 4 is 32.9 Å². The van der Waals surface area contributed by atoms with Crippen molar-refractivity contribution in [3.63, 3.8) is 0 Å². The summed E-state index contributed by atoms with van der Waals surface area (Å²) in [7, 11) is 0. The molecule has 1 aliphatic rings. The Balaban J connectivity index is 1.32. The average molecular weight is 492 g/mol. The molecule has 0 fully saturated rings. The minimum atomic E-state index is -0.472. The van der Waals surface area contributed by atoms with Crippen molar-refractivity contribution < 1.29 is 9.34 Å². The normalized spacial score (nSPS) is 16.3. The number of hydrogen-bond donors (Lipinski definition) is 0. The summed E-state index contributed by atoms with van der Waals surface area (Å²) in [5.41, 5.74) is 2.44. The molecule has 1 unspecified atom stereocenters. The van der Waals surface area contributed by atoms with Gasteiger partial charge in [0.25, 0.3) is 0 Å². The predicted octanol–water partition coefficient (Wildman–Crippen LogP) is 5.29. The van der Waals surface area contributed by atoms with E-state index in [0.717, 1.165) is 28.7 Å². The van der Waals surface area contributed by atoms with Gasteiger partial charge in [-0.1, -0.05) is 27.2 Å². The summed E-state index contributed by atoms with van der Waals surface area (Å²) >= 11 is 1.79. The first-order valence-corrected chi connectivity index (χ1v) is 12.6.